The van der Waals surface area contributed by atoms with Gasteiger partial charge < -0.3 is 0 Å². The van der Waals surface area contributed by atoms with E-state index in [0.29, 0.717) is 5.56 Å². The van der Waals surface area contributed by atoms with Crippen LogP contribution in [0.25, 0.3) is 11.1 Å². The van der Waals surface area contributed by atoms with E-state index in [1.54, 1.807) is 13.0 Å². The van der Waals surface area contributed by atoms with Crippen LogP contribution in [0, 0.1) is 6.92 Å². The van der Waals surface area contributed by atoms with Crippen molar-refractivity contribution in [3.8, 4) is 11.1 Å². The van der Waals surface area contributed by atoms with Crippen LogP contribution in [0.15, 0.2) is 52.3 Å². The second kappa shape index (κ2) is 5.23. The molecule has 2 aromatic carbocycles. The van der Waals surface area contributed by atoms with E-state index in [1.165, 1.54) is 30.3 Å². The van der Waals surface area contributed by atoms with Gasteiger partial charge in [-0.25, -0.2) is 0 Å². The third kappa shape index (κ3) is 3.13. The van der Waals surface area contributed by atoms with Crippen molar-refractivity contribution >= 4 is 20.2 Å². The lowest BCUT2D eigenvalue weighted by molar-refractivity contribution is 0.480. The minimum atomic E-state index is -4.54. The highest BCUT2D eigenvalue weighted by molar-refractivity contribution is 7.86. The molecule has 0 aliphatic carbocycles. The van der Waals surface area contributed by atoms with Crippen molar-refractivity contribution in [3.05, 3.63) is 48.0 Å². The summed E-state index contributed by atoms with van der Waals surface area (Å²) in [7, 11) is -9.08. The van der Waals surface area contributed by atoms with Gasteiger partial charge in [-0.15, -0.1) is 0 Å². The first-order chi connectivity index (χ1) is 9.62. The van der Waals surface area contributed by atoms with Gasteiger partial charge in [0, 0.05) is 11.1 Å². The van der Waals surface area contributed by atoms with E-state index in [2.05, 4.69) is 0 Å². The first-order valence-electron chi connectivity index (χ1n) is 5.76. The summed E-state index contributed by atoms with van der Waals surface area (Å²) in [6, 6.07) is 9.59. The fourth-order valence-electron chi connectivity index (χ4n) is 2.10. The van der Waals surface area contributed by atoms with Gasteiger partial charge in [0.15, 0.2) is 0 Å². The SMILES string of the molecule is Cc1cccc(S(=O)(=O)O)c1-c1ccccc1S(=O)(=O)O. The van der Waals surface area contributed by atoms with Crippen molar-refractivity contribution in [3.63, 3.8) is 0 Å². The Morgan fingerprint density at radius 1 is 0.762 bits per heavy atom. The van der Waals surface area contributed by atoms with Crippen molar-refractivity contribution in [1.82, 2.24) is 0 Å². The zero-order valence-electron chi connectivity index (χ0n) is 10.9. The number of hydrogen-bond acceptors (Lipinski definition) is 4. The third-order valence-corrected chi connectivity index (χ3v) is 4.75. The van der Waals surface area contributed by atoms with Crippen molar-refractivity contribution in [1.29, 1.82) is 0 Å². The summed E-state index contributed by atoms with van der Waals surface area (Å²) in [5.74, 6) is 0. The number of hydrogen-bond donors (Lipinski definition) is 2. The molecule has 6 nitrogen and oxygen atoms in total. The summed E-state index contributed by atoms with van der Waals surface area (Å²) in [5, 5.41) is 0. The summed E-state index contributed by atoms with van der Waals surface area (Å²) < 4.78 is 64.4. The average molecular weight is 328 g/mol. The zero-order valence-corrected chi connectivity index (χ0v) is 12.5. The Balaban J connectivity index is 2.94. The van der Waals surface area contributed by atoms with Gasteiger partial charge in [0.25, 0.3) is 20.2 Å². The monoisotopic (exact) mass is 328 g/mol. The van der Waals surface area contributed by atoms with Gasteiger partial charge in [-0.05, 0) is 24.6 Å². The van der Waals surface area contributed by atoms with Crippen LogP contribution in [0.3, 0.4) is 0 Å². The first kappa shape index (κ1) is 15.6. The smallest absolute Gasteiger partial charge is 0.282 e. The van der Waals surface area contributed by atoms with Crippen molar-refractivity contribution in [2.24, 2.45) is 0 Å². The fraction of sp³-hybridized carbons (Fsp3) is 0.0769. The second-order valence-corrected chi connectivity index (χ2v) is 7.17. The molecule has 112 valence electrons. The van der Waals surface area contributed by atoms with Crippen LogP contribution < -0.4 is 0 Å². The molecule has 8 heteroatoms. The summed E-state index contributed by atoms with van der Waals surface area (Å²) in [6.07, 6.45) is 0. The Kier molecular flexibility index (Phi) is 3.89. The van der Waals surface area contributed by atoms with E-state index < -0.39 is 30.0 Å². The maximum atomic E-state index is 11.5. The van der Waals surface area contributed by atoms with Crippen LogP contribution in [0.1, 0.15) is 5.56 Å². The molecule has 0 bridgehead atoms. The Hall–Kier alpha value is -1.74. The van der Waals surface area contributed by atoms with Crippen LogP contribution in [0.4, 0.5) is 0 Å². The molecule has 0 saturated heterocycles. The molecule has 0 radical (unpaired) electrons. The molecule has 0 aliphatic heterocycles. The summed E-state index contributed by atoms with van der Waals surface area (Å²) in [5.41, 5.74) is 0.486. The topological polar surface area (TPSA) is 109 Å². The highest BCUT2D eigenvalue weighted by atomic mass is 32.2. The summed E-state index contributed by atoms with van der Waals surface area (Å²) >= 11 is 0. The number of rotatable bonds is 3. The quantitative estimate of drug-likeness (QED) is 0.836. The van der Waals surface area contributed by atoms with Crippen molar-refractivity contribution in [2.75, 3.05) is 0 Å². The Bertz CT molecular complexity index is 898. The molecular formula is C13H12O6S2. The molecule has 2 N–H and O–H groups in total. The lowest BCUT2D eigenvalue weighted by atomic mass is 10.0. The number of aryl methyl sites for hydroxylation is 1. The lowest BCUT2D eigenvalue weighted by Gasteiger charge is -2.13. The van der Waals surface area contributed by atoms with Crippen LogP contribution in [0.2, 0.25) is 0 Å². The molecular weight excluding hydrogens is 316 g/mol. The lowest BCUT2D eigenvalue weighted by Crippen LogP contribution is -2.06. The molecule has 0 fully saturated rings. The largest absolute Gasteiger partial charge is 0.295 e. The van der Waals surface area contributed by atoms with E-state index in [4.69, 9.17) is 0 Å². The highest BCUT2D eigenvalue weighted by Crippen LogP contribution is 2.34. The fourth-order valence-corrected chi connectivity index (χ4v) is 3.58. The average Bonchev–Trinajstić information content (AvgIpc) is 2.36. The second-order valence-electron chi connectivity index (χ2n) is 4.39. The predicted octanol–water partition coefficient (Wildman–Crippen LogP) is 2.16. The highest BCUT2D eigenvalue weighted by Gasteiger charge is 2.23. The molecule has 0 saturated carbocycles. The van der Waals surface area contributed by atoms with Gasteiger partial charge in [-0.2, -0.15) is 16.8 Å². The van der Waals surface area contributed by atoms with Gasteiger partial charge in [-0.1, -0.05) is 30.3 Å². The standard InChI is InChI=1S/C13H12O6S2/c1-9-5-4-8-12(21(17,18)19)13(9)10-6-2-3-7-11(10)20(14,15)16/h2-8H,1H3,(H,14,15,16)(H,17,18,19). The molecule has 0 unspecified atom stereocenters. The van der Waals surface area contributed by atoms with Gasteiger partial charge in [0.1, 0.15) is 9.79 Å². The van der Waals surface area contributed by atoms with Crippen LogP contribution in [0.5, 0.6) is 0 Å². The molecule has 2 rings (SSSR count). The van der Waals surface area contributed by atoms with E-state index >= 15 is 0 Å². The van der Waals surface area contributed by atoms with E-state index in [1.807, 2.05) is 0 Å². The molecule has 0 spiro atoms. The molecule has 0 aliphatic rings. The molecule has 0 heterocycles. The van der Waals surface area contributed by atoms with Gasteiger partial charge in [0.05, 0.1) is 0 Å². The summed E-state index contributed by atoms with van der Waals surface area (Å²) in [4.78, 5) is -0.845. The van der Waals surface area contributed by atoms with Crippen LogP contribution >= 0.6 is 0 Å². The normalized spacial score (nSPS) is 12.3. The van der Waals surface area contributed by atoms with E-state index in [-0.39, 0.29) is 11.1 Å². The molecule has 2 aromatic rings. The van der Waals surface area contributed by atoms with E-state index in [0.717, 1.165) is 6.07 Å². The minimum Gasteiger partial charge on any atom is -0.282 e. The Morgan fingerprint density at radius 3 is 1.86 bits per heavy atom. The summed E-state index contributed by atoms with van der Waals surface area (Å²) in [6.45, 7) is 1.57. The number of benzene rings is 2. The molecule has 0 amide bonds. The van der Waals surface area contributed by atoms with Gasteiger partial charge >= 0.3 is 0 Å². The van der Waals surface area contributed by atoms with E-state index in [9.17, 15) is 25.9 Å². The maximum absolute atomic E-state index is 11.5. The minimum absolute atomic E-state index is 0.00530. The van der Waals surface area contributed by atoms with Crippen LogP contribution in [-0.4, -0.2) is 25.9 Å². The Morgan fingerprint density at radius 2 is 1.29 bits per heavy atom. The molecule has 21 heavy (non-hydrogen) atoms. The maximum Gasteiger partial charge on any atom is 0.295 e. The van der Waals surface area contributed by atoms with Crippen LogP contribution in [-0.2, 0) is 20.2 Å². The predicted molar refractivity (Wildman–Crippen MR) is 76.2 cm³/mol. The van der Waals surface area contributed by atoms with Crippen molar-refractivity contribution in [2.45, 2.75) is 16.7 Å². The zero-order chi connectivity index (χ0) is 15.8. The van der Waals surface area contributed by atoms with Gasteiger partial charge in [0.2, 0.25) is 0 Å². The van der Waals surface area contributed by atoms with Crippen molar-refractivity contribution < 1.29 is 25.9 Å². The molecule has 0 aromatic heterocycles. The molecule has 0 atom stereocenters. The first-order valence-corrected chi connectivity index (χ1v) is 8.64. The van der Waals surface area contributed by atoms with Gasteiger partial charge in [-0.3, -0.25) is 9.11 Å². The third-order valence-electron chi connectivity index (χ3n) is 2.95. The Labute approximate surface area is 122 Å².